The molecule has 21 heavy (non-hydrogen) atoms. The molecule has 0 atom stereocenters. The molecule has 0 radical (unpaired) electrons. The van der Waals surface area contributed by atoms with Crippen LogP contribution in [-0.2, 0) is 7.05 Å². The topological polar surface area (TPSA) is 71.8 Å². The zero-order chi connectivity index (χ0) is 14.8. The van der Waals surface area contributed by atoms with E-state index >= 15 is 0 Å². The molecule has 3 aromatic rings. The number of para-hydroxylation sites is 1. The predicted octanol–water partition coefficient (Wildman–Crippen LogP) is 2.11. The largest absolute Gasteiger partial charge is 0.357 e. The molecule has 3 rings (SSSR count). The average Bonchev–Trinajstić information content (AvgIpc) is 2.51. The van der Waals surface area contributed by atoms with E-state index in [1.165, 1.54) is 4.57 Å². The lowest BCUT2D eigenvalue weighted by atomic mass is 10.2. The van der Waals surface area contributed by atoms with E-state index in [1.807, 2.05) is 30.3 Å². The van der Waals surface area contributed by atoms with Crippen molar-refractivity contribution in [1.82, 2.24) is 14.5 Å². The molecule has 6 nitrogen and oxygen atoms in total. The van der Waals surface area contributed by atoms with Crippen LogP contribution in [-0.4, -0.2) is 21.6 Å². The van der Waals surface area contributed by atoms with Gasteiger partial charge in [0.25, 0.3) is 5.56 Å². The summed E-state index contributed by atoms with van der Waals surface area (Å²) in [6.07, 6.45) is 1.70. The molecular weight excluding hydrogens is 266 g/mol. The van der Waals surface area contributed by atoms with E-state index in [4.69, 9.17) is 0 Å². The number of hydrogen-bond acceptors (Lipinski definition) is 5. The van der Waals surface area contributed by atoms with Crippen molar-refractivity contribution in [2.24, 2.45) is 7.05 Å². The number of hydrogen-bond donors (Lipinski definition) is 2. The molecule has 2 N–H and O–H groups in total. The van der Waals surface area contributed by atoms with E-state index in [0.29, 0.717) is 22.7 Å². The van der Waals surface area contributed by atoms with Crippen LogP contribution in [0.1, 0.15) is 0 Å². The molecule has 0 spiro atoms. The van der Waals surface area contributed by atoms with Crippen molar-refractivity contribution in [3.63, 3.8) is 0 Å². The normalized spacial score (nSPS) is 10.6. The monoisotopic (exact) mass is 281 g/mol. The molecule has 106 valence electrons. The Labute approximate surface area is 121 Å². The lowest BCUT2D eigenvalue weighted by molar-refractivity contribution is 0.871. The summed E-state index contributed by atoms with van der Waals surface area (Å²) in [5, 5.41) is 6.57. The van der Waals surface area contributed by atoms with Gasteiger partial charge in [-0.15, -0.1) is 0 Å². The van der Waals surface area contributed by atoms with Crippen molar-refractivity contribution in [2.45, 2.75) is 0 Å². The zero-order valence-electron chi connectivity index (χ0n) is 11.8. The first-order chi connectivity index (χ1) is 10.2. The first kappa shape index (κ1) is 13.1. The first-order valence-electron chi connectivity index (χ1n) is 6.56. The van der Waals surface area contributed by atoms with Crippen molar-refractivity contribution in [2.75, 3.05) is 17.7 Å². The highest BCUT2D eigenvalue weighted by Gasteiger charge is 2.12. The highest BCUT2D eigenvalue weighted by Crippen LogP contribution is 2.22. The summed E-state index contributed by atoms with van der Waals surface area (Å²) in [6.45, 7) is 0. The Morgan fingerprint density at radius 1 is 1.10 bits per heavy atom. The molecule has 0 aliphatic carbocycles. The van der Waals surface area contributed by atoms with E-state index in [-0.39, 0.29) is 5.56 Å². The number of anilines is 3. The van der Waals surface area contributed by atoms with E-state index in [1.54, 1.807) is 26.4 Å². The Morgan fingerprint density at radius 3 is 2.57 bits per heavy atom. The zero-order valence-corrected chi connectivity index (χ0v) is 11.8. The number of aromatic nitrogens is 3. The highest BCUT2D eigenvalue weighted by molar-refractivity contribution is 5.90. The number of nitrogens with one attached hydrogen (secondary N) is 2. The van der Waals surface area contributed by atoms with E-state index in [9.17, 15) is 4.79 Å². The van der Waals surface area contributed by atoms with Crippen LogP contribution in [0.15, 0.2) is 47.4 Å². The van der Waals surface area contributed by atoms with Gasteiger partial charge in [0.1, 0.15) is 11.2 Å². The minimum Gasteiger partial charge on any atom is -0.357 e. The van der Waals surface area contributed by atoms with Gasteiger partial charge in [0.15, 0.2) is 0 Å². The lowest BCUT2D eigenvalue weighted by Gasteiger charge is -2.11. The van der Waals surface area contributed by atoms with Gasteiger partial charge in [0.05, 0.1) is 5.52 Å². The molecule has 0 saturated heterocycles. The number of rotatable bonds is 3. The van der Waals surface area contributed by atoms with Crippen molar-refractivity contribution in [1.29, 1.82) is 0 Å². The Balaban J connectivity index is 2.24. The van der Waals surface area contributed by atoms with Gasteiger partial charge in [-0.3, -0.25) is 4.79 Å². The number of benzene rings is 1. The molecule has 0 fully saturated rings. The maximum atomic E-state index is 12.4. The van der Waals surface area contributed by atoms with E-state index in [2.05, 4.69) is 20.6 Å². The minimum absolute atomic E-state index is 0.131. The van der Waals surface area contributed by atoms with Crippen molar-refractivity contribution in [3.05, 3.63) is 52.9 Å². The van der Waals surface area contributed by atoms with E-state index in [0.717, 1.165) is 5.69 Å². The molecular formula is C15H15N5O. The molecule has 0 amide bonds. The summed E-state index contributed by atoms with van der Waals surface area (Å²) >= 11 is 0. The SMILES string of the molecule is CNc1nc(Nc2ccccc2)c2c(=O)n(C)ccc2n1. The van der Waals surface area contributed by atoms with Gasteiger partial charge < -0.3 is 15.2 Å². The van der Waals surface area contributed by atoms with Crippen LogP contribution in [0.5, 0.6) is 0 Å². The van der Waals surface area contributed by atoms with Crippen LogP contribution >= 0.6 is 0 Å². The van der Waals surface area contributed by atoms with Crippen LogP contribution in [0.3, 0.4) is 0 Å². The van der Waals surface area contributed by atoms with Gasteiger partial charge in [-0.1, -0.05) is 18.2 Å². The lowest BCUT2D eigenvalue weighted by Crippen LogP contribution is -2.18. The Hall–Kier alpha value is -2.89. The molecule has 2 aromatic heterocycles. The third-order valence-electron chi connectivity index (χ3n) is 3.19. The standard InChI is InChI=1S/C15H15N5O/c1-16-15-18-11-8-9-20(2)14(21)12(11)13(19-15)17-10-6-4-3-5-7-10/h3-9H,1-2H3,(H2,16,17,18,19). The fourth-order valence-corrected chi connectivity index (χ4v) is 2.10. The Kier molecular flexibility index (Phi) is 3.27. The maximum absolute atomic E-state index is 12.4. The molecule has 0 bridgehead atoms. The fourth-order valence-electron chi connectivity index (χ4n) is 2.10. The summed E-state index contributed by atoms with van der Waals surface area (Å²) in [5.74, 6) is 0.964. The summed E-state index contributed by atoms with van der Waals surface area (Å²) in [4.78, 5) is 21.1. The van der Waals surface area contributed by atoms with Crippen LogP contribution in [0.25, 0.3) is 10.9 Å². The van der Waals surface area contributed by atoms with Crippen LogP contribution in [0.2, 0.25) is 0 Å². The quantitative estimate of drug-likeness (QED) is 0.769. The van der Waals surface area contributed by atoms with Gasteiger partial charge in [-0.25, -0.2) is 4.98 Å². The third kappa shape index (κ3) is 2.43. The number of nitrogens with zero attached hydrogens (tertiary/aromatic N) is 3. The predicted molar refractivity (Wildman–Crippen MR) is 84.1 cm³/mol. The van der Waals surface area contributed by atoms with Crippen LogP contribution in [0.4, 0.5) is 17.5 Å². The Morgan fingerprint density at radius 2 is 1.86 bits per heavy atom. The van der Waals surface area contributed by atoms with Crippen molar-refractivity contribution in [3.8, 4) is 0 Å². The highest BCUT2D eigenvalue weighted by atomic mass is 16.1. The molecule has 2 heterocycles. The molecule has 0 unspecified atom stereocenters. The number of aryl methyl sites for hydroxylation is 1. The second-order valence-corrected chi connectivity index (χ2v) is 4.63. The second kappa shape index (κ2) is 5.24. The molecule has 0 aliphatic rings. The van der Waals surface area contributed by atoms with Gasteiger partial charge in [-0.2, -0.15) is 4.98 Å². The second-order valence-electron chi connectivity index (χ2n) is 4.63. The fraction of sp³-hybridized carbons (Fsp3) is 0.133. The summed E-state index contributed by atoms with van der Waals surface area (Å²) in [6, 6.07) is 11.4. The van der Waals surface area contributed by atoms with E-state index < -0.39 is 0 Å². The van der Waals surface area contributed by atoms with Gasteiger partial charge in [-0.05, 0) is 18.2 Å². The summed E-state index contributed by atoms with van der Waals surface area (Å²) in [7, 11) is 3.45. The first-order valence-corrected chi connectivity index (χ1v) is 6.56. The van der Waals surface area contributed by atoms with Gasteiger partial charge in [0.2, 0.25) is 5.95 Å². The smallest absolute Gasteiger partial charge is 0.263 e. The van der Waals surface area contributed by atoms with Crippen LogP contribution in [0, 0.1) is 0 Å². The average molecular weight is 281 g/mol. The number of fused-ring (bicyclic) bond motifs is 1. The van der Waals surface area contributed by atoms with Gasteiger partial charge in [0, 0.05) is 26.0 Å². The molecule has 1 aromatic carbocycles. The maximum Gasteiger partial charge on any atom is 0.263 e. The third-order valence-corrected chi connectivity index (χ3v) is 3.19. The molecule has 0 saturated carbocycles. The minimum atomic E-state index is -0.131. The van der Waals surface area contributed by atoms with Gasteiger partial charge >= 0.3 is 0 Å². The number of pyridine rings is 1. The Bertz CT molecular complexity index is 842. The summed E-state index contributed by atoms with van der Waals surface area (Å²) in [5.41, 5.74) is 1.34. The molecule has 6 heteroatoms. The summed E-state index contributed by atoms with van der Waals surface area (Å²) < 4.78 is 1.51. The van der Waals surface area contributed by atoms with Crippen LogP contribution < -0.4 is 16.2 Å². The van der Waals surface area contributed by atoms with Crippen molar-refractivity contribution < 1.29 is 0 Å². The van der Waals surface area contributed by atoms with Crippen molar-refractivity contribution >= 4 is 28.4 Å². The molecule has 0 aliphatic heterocycles.